The van der Waals surface area contributed by atoms with Crippen molar-refractivity contribution in [3.8, 4) is 17.6 Å². The van der Waals surface area contributed by atoms with E-state index in [0.717, 1.165) is 49.8 Å². The molecular weight excluding hydrogens is 440 g/mol. The van der Waals surface area contributed by atoms with Crippen molar-refractivity contribution in [3.05, 3.63) is 89.0 Å². The summed E-state index contributed by atoms with van der Waals surface area (Å²) in [5.41, 5.74) is 4.51. The van der Waals surface area contributed by atoms with Gasteiger partial charge in [-0.3, -0.25) is 9.69 Å². The van der Waals surface area contributed by atoms with Crippen LogP contribution in [0.15, 0.2) is 66.7 Å². The standard InChI is InChI=1S/C28H30N4O3/c1-34-26-11-8-23(17-27(26)35-2)20-31-12-14-32(15-13-31)25-5-3-4-22(16-25)19-30-28(33)24-9-6-21(18-29)7-10-24/h3-11,16-17H,12-15,19-20H2,1-2H3,(H,30,33). The SMILES string of the molecule is COc1ccc(CN2CCN(c3cccc(CNC(=O)c4ccc(C#N)cc4)c3)CC2)cc1OC. The number of piperazine rings is 1. The van der Waals surface area contributed by atoms with Gasteiger partial charge in [-0.15, -0.1) is 0 Å². The first-order valence-electron chi connectivity index (χ1n) is 11.6. The van der Waals surface area contributed by atoms with Crippen molar-refractivity contribution in [1.82, 2.24) is 10.2 Å². The molecule has 1 N–H and O–H groups in total. The summed E-state index contributed by atoms with van der Waals surface area (Å²) < 4.78 is 10.8. The van der Waals surface area contributed by atoms with Gasteiger partial charge in [-0.2, -0.15) is 5.26 Å². The van der Waals surface area contributed by atoms with Gasteiger partial charge in [-0.05, 0) is 59.7 Å². The van der Waals surface area contributed by atoms with Crippen molar-refractivity contribution in [2.24, 2.45) is 0 Å². The van der Waals surface area contributed by atoms with Gasteiger partial charge in [0.05, 0.1) is 25.9 Å². The smallest absolute Gasteiger partial charge is 0.251 e. The lowest BCUT2D eigenvalue weighted by atomic mass is 10.1. The average molecular weight is 471 g/mol. The normalized spacial score (nSPS) is 13.7. The van der Waals surface area contributed by atoms with Crippen LogP contribution in [0.5, 0.6) is 11.5 Å². The van der Waals surface area contributed by atoms with Gasteiger partial charge in [0.1, 0.15) is 0 Å². The quantitative estimate of drug-likeness (QED) is 0.539. The Morgan fingerprint density at radius 1 is 0.914 bits per heavy atom. The number of benzene rings is 3. The van der Waals surface area contributed by atoms with Crippen LogP contribution >= 0.6 is 0 Å². The molecule has 3 aromatic carbocycles. The summed E-state index contributed by atoms with van der Waals surface area (Å²) in [5, 5.41) is 11.9. The van der Waals surface area contributed by atoms with Crippen LogP contribution in [0.4, 0.5) is 5.69 Å². The lowest BCUT2D eigenvalue weighted by molar-refractivity contribution is 0.0951. The molecule has 0 bridgehead atoms. The number of methoxy groups -OCH3 is 2. The van der Waals surface area contributed by atoms with Crippen LogP contribution in [0.1, 0.15) is 27.0 Å². The first-order chi connectivity index (χ1) is 17.1. The van der Waals surface area contributed by atoms with Crippen LogP contribution in [0.2, 0.25) is 0 Å². The number of rotatable bonds is 8. The minimum absolute atomic E-state index is 0.149. The van der Waals surface area contributed by atoms with Crippen LogP contribution in [-0.2, 0) is 13.1 Å². The highest BCUT2D eigenvalue weighted by atomic mass is 16.5. The minimum Gasteiger partial charge on any atom is -0.493 e. The summed E-state index contributed by atoms with van der Waals surface area (Å²) >= 11 is 0. The zero-order chi connectivity index (χ0) is 24.6. The average Bonchev–Trinajstić information content (AvgIpc) is 2.92. The summed E-state index contributed by atoms with van der Waals surface area (Å²) in [4.78, 5) is 17.3. The maximum Gasteiger partial charge on any atom is 0.251 e. The number of nitrogens with zero attached hydrogens (tertiary/aromatic N) is 3. The van der Waals surface area contributed by atoms with Gasteiger partial charge < -0.3 is 19.7 Å². The lowest BCUT2D eigenvalue weighted by Crippen LogP contribution is -2.46. The van der Waals surface area contributed by atoms with E-state index in [-0.39, 0.29) is 5.91 Å². The molecule has 35 heavy (non-hydrogen) atoms. The fraction of sp³-hybridized carbons (Fsp3) is 0.286. The van der Waals surface area contributed by atoms with Crippen LogP contribution in [0, 0.1) is 11.3 Å². The van der Waals surface area contributed by atoms with E-state index in [1.54, 1.807) is 38.5 Å². The molecular formula is C28H30N4O3. The maximum absolute atomic E-state index is 12.4. The van der Waals surface area contributed by atoms with E-state index in [9.17, 15) is 4.79 Å². The van der Waals surface area contributed by atoms with Gasteiger partial charge in [-0.25, -0.2) is 0 Å². The van der Waals surface area contributed by atoms with E-state index in [1.807, 2.05) is 24.3 Å². The summed E-state index contributed by atoms with van der Waals surface area (Å²) in [5.74, 6) is 1.35. The Bertz CT molecular complexity index is 1200. The second-order valence-electron chi connectivity index (χ2n) is 8.49. The van der Waals surface area contributed by atoms with Crippen molar-refractivity contribution in [1.29, 1.82) is 5.26 Å². The van der Waals surface area contributed by atoms with Gasteiger partial charge in [0.25, 0.3) is 5.91 Å². The van der Waals surface area contributed by atoms with Crippen molar-refractivity contribution >= 4 is 11.6 Å². The molecule has 0 aliphatic carbocycles. The molecule has 3 aromatic rings. The van der Waals surface area contributed by atoms with Crippen molar-refractivity contribution < 1.29 is 14.3 Å². The van der Waals surface area contributed by atoms with E-state index in [4.69, 9.17) is 14.7 Å². The second kappa shape index (κ2) is 11.4. The molecule has 0 atom stereocenters. The van der Waals surface area contributed by atoms with Gasteiger partial charge in [-0.1, -0.05) is 18.2 Å². The third-order valence-electron chi connectivity index (χ3n) is 6.23. The van der Waals surface area contributed by atoms with E-state index in [1.165, 1.54) is 11.3 Å². The second-order valence-corrected chi connectivity index (χ2v) is 8.49. The number of hydrogen-bond acceptors (Lipinski definition) is 6. The highest BCUT2D eigenvalue weighted by Crippen LogP contribution is 2.28. The molecule has 0 spiro atoms. The lowest BCUT2D eigenvalue weighted by Gasteiger charge is -2.36. The number of carbonyl (C=O) groups is 1. The first-order valence-corrected chi connectivity index (χ1v) is 11.6. The van der Waals surface area contributed by atoms with Gasteiger partial charge in [0.2, 0.25) is 0 Å². The van der Waals surface area contributed by atoms with E-state index in [0.29, 0.717) is 17.7 Å². The Morgan fingerprint density at radius 3 is 2.34 bits per heavy atom. The van der Waals surface area contributed by atoms with Crippen molar-refractivity contribution in [3.63, 3.8) is 0 Å². The molecule has 1 aliphatic heterocycles. The Morgan fingerprint density at radius 2 is 1.66 bits per heavy atom. The number of ether oxygens (including phenoxy) is 2. The molecule has 1 aliphatic rings. The molecule has 0 saturated carbocycles. The predicted octanol–water partition coefficient (Wildman–Crippen LogP) is 3.83. The number of anilines is 1. The molecule has 7 heteroatoms. The maximum atomic E-state index is 12.4. The van der Waals surface area contributed by atoms with E-state index < -0.39 is 0 Å². The monoisotopic (exact) mass is 470 g/mol. The third kappa shape index (κ3) is 6.11. The molecule has 180 valence electrons. The highest BCUT2D eigenvalue weighted by Gasteiger charge is 2.18. The Kier molecular flexibility index (Phi) is 7.86. The molecule has 1 heterocycles. The third-order valence-corrected chi connectivity index (χ3v) is 6.23. The number of nitriles is 1. The van der Waals surface area contributed by atoms with E-state index in [2.05, 4.69) is 39.4 Å². The zero-order valence-corrected chi connectivity index (χ0v) is 20.2. The molecule has 7 nitrogen and oxygen atoms in total. The largest absolute Gasteiger partial charge is 0.493 e. The Labute approximate surface area is 206 Å². The predicted molar refractivity (Wildman–Crippen MR) is 136 cm³/mol. The van der Waals surface area contributed by atoms with Crippen LogP contribution < -0.4 is 19.7 Å². The summed E-state index contributed by atoms with van der Waals surface area (Å²) in [6, 6.07) is 23.1. The summed E-state index contributed by atoms with van der Waals surface area (Å²) in [7, 11) is 3.31. The van der Waals surface area contributed by atoms with Crippen LogP contribution in [0.3, 0.4) is 0 Å². The Hall–Kier alpha value is -4.02. The summed E-state index contributed by atoms with van der Waals surface area (Å²) in [6.07, 6.45) is 0. The van der Waals surface area contributed by atoms with Gasteiger partial charge in [0, 0.05) is 50.5 Å². The number of nitrogens with one attached hydrogen (secondary N) is 1. The highest BCUT2D eigenvalue weighted by molar-refractivity contribution is 5.94. The zero-order valence-electron chi connectivity index (χ0n) is 20.2. The fourth-order valence-electron chi connectivity index (χ4n) is 4.25. The minimum atomic E-state index is -0.149. The Balaban J connectivity index is 1.30. The number of carbonyl (C=O) groups excluding carboxylic acids is 1. The fourth-order valence-corrected chi connectivity index (χ4v) is 4.25. The van der Waals surface area contributed by atoms with E-state index >= 15 is 0 Å². The van der Waals surface area contributed by atoms with Crippen molar-refractivity contribution in [2.45, 2.75) is 13.1 Å². The molecule has 1 saturated heterocycles. The number of hydrogen-bond donors (Lipinski definition) is 1. The molecule has 4 rings (SSSR count). The topological polar surface area (TPSA) is 77.8 Å². The molecule has 1 amide bonds. The summed E-state index contributed by atoms with van der Waals surface area (Å²) in [6.45, 7) is 5.13. The molecule has 0 unspecified atom stereocenters. The molecule has 0 radical (unpaired) electrons. The molecule has 1 fully saturated rings. The van der Waals surface area contributed by atoms with Gasteiger partial charge in [0.15, 0.2) is 11.5 Å². The van der Waals surface area contributed by atoms with Crippen molar-refractivity contribution in [2.75, 3.05) is 45.3 Å². The van der Waals surface area contributed by atoms with Crippen LogP contribution in [-0.4, -0.2) is 51.2 Å². The first kappa shape index (κ1) is 24.1. The number of amides is 1. The molecule has 0 aromatic heterocycles. The van der Waals surface area contributed by atoms with Crippen LogP contribution in [0.25, 0.3) is 0 Å². The van der Waals surface area contributed by atoms with Gasteiger partial charge >= 0.3 is 0 Å².